The SMILES string of the molecule is COc1cccc(N=Cc2c(C)c(C#N)c(=O)n(C(C)C)c2O)c1. The number of rotatable bonds is 4. The Morgan fingerprint density at radius 2 is 2.12 bits per heavy atom. The van der Waals surface area contributed by atoms with Gasteiger partial charge in [0.05, 0.1) is 18.4 Å². The molecule has 124 valence electrons. The fourth-order valence-electron chi connectivity index (χ4n) is 2.40. The number of benzene rings is 1. The maximum atomic E-state index is 12.3. The summed E-state index contributed by atoms with van der Waals surface area (Å²) in [5.41, 5.74) is 0.898. The van der Waals surface area contributed by atoms with Crippen LogP contribution in [-0.2, 0) is 0 Å². The first-order valence-electron chi connectivity index (χ1n) is 7.47. The van der Waals surface area contributed by atoms with Crippen molar-refractivity contribution in [3.05, 3.63) is 51.3 Å². The van der Waals surface area contributed by atoms with Crippen molar-refractivity contribution < 1.29 is 9.84 Å². The Hall–Kier alpha value is -3.07. The van der Waals surface area contributed by atoms with Crippen LogP contribution >= 0.6 is 0 Å². The fraction of sp³-hybridized carbons (Fsp3) is 0.278. The van der Waals surface area contributed by atoms with E-state index in [4.69, 9.17) is 4.74 Å². The third-order valence-electron chi connectivity index (χ3n) is 3.71. The Kier molecular flexibility index (Phi) is 5.05. The van der Waals surface area contributed by atoms with E-state index in [0.29, 0.717) is 22.6 Å². The van der Waals surface area contributed by atoms with E-state index in [2.05, 4.69) is 4.99 Å². The summed E-state index contributed by atoms with van der Waals surface area (Å²) < 4.78 is 6.34. The average molecular weight is 325 g/mol. The van der Waals surface area contributed by atoms with Crippen LogP contribution in [0.25, 0.3) is 0 Å². The molecule has 0 amide bonds. The number of methoxy groups -OCH3 is 1. The van der Waals surface area contributed by atoms with Crippen molar-refractivity contribution in [2.75, 3.05) is 7.11 Å². The first kappa shape index (κ1) is 17.3. The Labute approximate surface area is 140 Å². The Bertz CT molecular complexity index is 890. The van der Waals surface area contributed by atoms with Gasteiger partial charge in [-0.15, -0.1) is 0 Å². The molecule has 0 unspecified atom stereocenters. The number of ether oxygens (including phenoxy) is 1. The highest BCUT2D eigenvalue weighted by Crippen LogP contribution is 2.24. The second kappa shape index (κ2) is 7.01. The summed E-state index contributed by atoms with van der Waals surface area (Å²) >= 11 is 0. The lowest BCUT2D eigenvalue weighted by Crippen LogP contribution is -2.26. The van der Waals surface area contributed by atoms with Gasteiger partial charge in [0.25, 0.3) is 5.56 Å². The number of aromatic hydroxyl groups is 1. The molecule has 1 heterocycles. The van der Waals surface area contributed by atoms with Crippen LogP contribution in [0, 0.1) is 18.3 Å². The van der Waals surface area contributed by atoms with Crippen molar-refractivity contribution in [2.45, 2.75) is 26.8 Å². The molecule has 24 heavy (non-hydrogen) atoms. The first-order valence-corrected chi connectivity index (χ1v) is 7.47. The Morgan fingerprint density at radius 1 is 1.42 bits per heavy atom. The molecule has 0 fully saturated rings. The highest BCUT2D eigenvalue weighted by atomic mass is 16.5. The van der Waals surface area contributed by atoms with Crippen LogP contribution in [0.15, 0.2) is 34.1 Å². The fourth-order valence-corrected chi connectivity index (χ4v) is 2.40. The quantitative estimate of drug-likeness (QED) is 0.875. The van der Waals surface area contributed by atoms with E-state index < -0.39 is 5.56 Å². The molecule has 0 bridgehead atoms. The summed E-state index contributed by atoms with van der Waals surface area (Å²) in [5.74, 6) is 0.466. The number of nitriles is 1. The lowest BCUT2D eigenvalue weighted by atomic mass is 10.1. The zero-order valence-corrected chi connectivity index (χ0v) is 14.1. The topological polar surface area (TPSA) is 87.6 Å². The number of nitrogens with zero attached hydrogens (tertiary/aromatic N) is 3. The van der Waals surface area contributed by atoms with Gasteiger partial charge in [0.15, 0.2) is 0 Å². The minimum atomic E-state index is -0.499. The van der Waals surface area contributed by atoms with Crippen LogP contribution < -0.4 is 10.3 Å². The van der Waals surface area contributed by atoms with Crippen molar-refractivity contribution in [3.8, 4) is 17.7 Å². The molecular formula is C18H19N3O3. The zero-order valence-electron chi connectivity index (χ0n) is 14.1. The van der Waals surface area contributed by atoms with Crippen LogP contribution in [0.5, 0.6) is 11.6 Å². The molecule has 0 atom stereocenters. The molecule has 0 aliphatic heterocycles. The van der Waals surface area contributed by atoms with Gasteiger partial charge in [0.1, 0.15) is 17.4 Å². The monoisotopic (exact) mass is 325 g/mol. The van der Waals surface area contributed by atoms with Gasteiger partial charge >= 0.3 is 0 Å². The molecule has 0 radical (unpaired) electrons. The van der Waals surface area contributed by atoms with Crippen LogP contribution in [0.1, 0.15) is 36.6 Å². The molecular weight excluding hydrogens is 306 g/mol. The van der Waals surface area contributed by atoms with E-state index in [9.17, 15) is 15.2 Å². The molecule has 6 heteroatoms. The highest BCUT2D eigenvalue weighted by molar-refractivity contribution is 5.87. The number of pyridine rings is 1. The molecule has 1 N–H and O–H groups in total. The van der Waals surface area contributed by atoms with E-state index in [0.717, 1.165) is 0 Å². The summed E-state index contributed by atoms with van der Waals surface area (Å²) in [6, 6.07) is 8.76. The Morgan fingerprint density at radius 3 is 2.71 bits per heavy atom. The summed E-state index contributed by atoms with van der Waals surface area (Å²) in [4.78, 5) is 16.6. The largest absolute Gasteiger partial charge is 0.497 e. The summed E-state index contributed by atoms with van der Waals surface area (Å²) in [7, 11) is 1.57. The van der Waals surface area contributed by atoms with Crippen molar-refractivity contribution >= 4 is 11.9 Å². The van der Waals surface area contributed by atoms with Crippen molar-refractivity contribution in [3.63, 3.8) is 0 Å². The molecule has 6 nitrogen and oxygen atoms in total. The van der Waals surface area contributed by atoms with Gasteiger partial charge in [-0.05, 0) is 38.5 Å². The molecule has 2 aromatic rings. The highest BCUT2D eigenvalue weighted by Gasteiger charge is 2.19. The predicted octanol–water partition coefficient (Wildman–Crippen LogP) is 3.07. The van der Waals surface area contributed by atoms with Gasteiger partial charge in [0.2, 0.25) is 5.88 Å². The minimum Gasteiger partial charge on any atom is -0.497 e. The summed E-state index contributed by atoms with van der Waals surface area (Å²) in [6.07, 6.45) is 1.46. The van der Waals surface area contributed by atoms with E-state index >= 15 is 0 Å². The van der Waals surface area contributed by atoms with Gasteiger partial charge < -0.3 is 9.84 Å². The van der Waals surface area contributed by atoms with Crippen LogP contribution in [-0.4, -0.2) is 23.0 Å². The third-order valence-corrected chi connectivity index (χ3v) is 3.71. The van der Waals surface area contributed by atoms with Gasteiger partial charge in [-0.25, -0.2) is 0 Å². The molecule has 0 saturated carbocycles. The lowest BCUT2D eigenvalue weighted by molar-refractivity contribution is 0.386. The first-order chi connectivity index (χ1) is 11.4. The molecule has 0 spiro atoms. The van der Waals surface area contributed by atoms with Crippen LogP contribution in [0.2, 0.25) is 0 Å². The second-order valence-electron chi connectivity index (χ2n) is 5.58. The number of hydrogen-bond acceptors (Lipinski definition) is 5. The molecule has 1 aromatic carbocycles. The average Bonchev–Trinajstić information content (AvgIpc) is 2.55. The zero-order chi connectivity index (χ0) is 17.9. The minimum absolute atomic E-state index is 0.00796. The standard InChI is InChI=1S/C18H19N3O3/c1-11(2)21-17(22)15(9-19)12(3)16(18(21)23)10-20-13-6-5-7-14(8-13)24-4/h5-8,10-11,23H,1-4H3. The van der Waals surface area contributed by atoms with Crippen molar-refractivity contribution in [1.29, 1.82) is 5.26 Å². The number of hydrogen-bond donors (Lipinski definition) is 1. The third kappa shape index (κ3) is 3.15. The summed E-state index contributed by atoms with van der Waals surface area (Å²) in [6.45, 7) is 5.15. The van der Waals surface area contributed by atoms with Crippen LogP contribution in [0.4, 0.5) is 5.69 Å². The van der Waals surface area contributed by atoms with Gasteiger partial charge in [-0.1, -0.05) is 6.07 Å². The molecule has 0 aliphatic carbocycles. The molecule has 0 aliphatic rings. The normalized spacial score (nSPS) is 11.0. The van der Waals surface area contributed by atoms with Crippen molar-refractivity contribution in [2.24, 2.45) is 4.99 Å². The molecule has 1 aromatic heterocycles. The van der Waals surface area contributed by atoms with E-state index in [1.165, 1.54) is 10.8 Å². The molecule has 0 saturated heterocycles. The smallest absolute Gasteiger partial charge is 0.271 e. The molecule has 2 rings (SSSR count). The number of aromatic nitrogens is 1. The number of aliphatic imine (C=N–C) groups is 1. The van der Waals surface area contributed by atoms with E-state index in [1.54, 1.807) is 52.1 Å². The van der Waals surface area contributed by atoms with Gasteiger partial charge in [0, 0.05) is 18.3 Å². The predicted molar refractivity (Wildman–Crippen MR) is 92.5 cm³/mol. The van der Waals surface area contributed by atoms with E-state index in [1.807, 2.05) is 6.07 Å². The summed E-state index contributed by atoms with van der Waals surface area (Å²) in [5, 5.41) is 19.7. The van der Waals surface area contributed by atoms with Gasteiger partial charge in [-0.3, -0.25) is 14.4 Å². The van der Waals surface area contributed by atoms with Crippen molar-refractivity contribution in [1.82, 2.24) is 4.57 Å². The van der Waals surface area contributed by atoms with Gasteiger partial charge in [-0.2, -0.15) is 5.26 Å². The Balaban J connectivity index is 2.62. The second-order valence-corrected chi connectivity index (χ2v) is 5.58. The van der Waals surface area contributed by atoms with E-state index in [-0.39, 0.29) is 17.5 Å². The maximum absolute atomic E-state index is 12.3. The lowest BCUT2D eigenvalue weighted by Gasteiger charge is -2.16. The van der Waals surface area contributed by atoms with Crippen LogP contribution in [0.3, 0.4) is 0 Å². The maximum Gasteiger partial charge on any atom is 0.271 e.